The Kier molecular flexibility index (Phi) is 12.6. The highest BCUT2D eigenvalue weighted by Gasteiger charge is 2.43. The number of nitriles is 1. The summed E-state index contributed by atoms with van der Waals surface area (Å²) in [5, 5.41) is 15.7. The van der Waals surface area contributed by atoms with Gasteiger partial charge in [-0.05, 0) is 95.3 Å². The summed E-state index contributed by atoms with van der Waals surface area (Å²) in [5.74, 6) is -1.05. The van der Waals surface area contributed by atoms with Crippen molar-refractivity contribution in [2.45, 2.75) is 55.3 Å². The van der Waals surface area contributed by atoms with E-state index >= 15 is 0 Å². The number of hydrogen-bond acceptors (Lipinski definition) is 12. The summed E-state index contributed by atoms with van der Waals surface area (Å²) in [5.41, 5.74) is 12.0. The molecule has 0 bridgehead atoms. The first-order valence-electron chi connectivity index (χ1n) is 19.7. The van der Waals surface area contributed by atoms with Gasteiger partial charge in [0, 0.05) is 18.5 Å². The number of nitrogen functional groups attached to an aromatic ring is 1. The van der Waals surface area contributed by atoms with Crippen molar-refractivity contribution in [3.8, 4) is 28.7 Å². The number of fused-ring (bicyclic) bond motifs is 2. The van der Waals surface area contributed by atoms with Gasteiger partial charge >= 0.3 is 5.97 Å². The molecule has 2 aliphatic heterocycles. The van der Waals surface area contributed by atoms with E-state index in [1.165, 1.54) is 14.0 Å². The van der Waals surface area contributed by atoms with Crippen LogP contribution in [0.25, 0.3) is 11.1 Å². The zero-order valence-corrected chi connectivity index (χ0v) is 37.3. The van der Waals surface area contributed by atoms with Crippen molar-refractivity contribution in [3.63, 3.8) is 0 Å². The first kappa shape index (κ1) is 44.1. The maximum Gasteiger partial charge on any atom is 0.328 e. The van der Waals surface area contributed by atoms with Crippen LogP contribution in [0.5, 0.6) is 11.5 Å². The molecular weight excluding hydrogens is 900 g/mol. The Morgan fingerprint density at radius 3 is 2.31 bits per heavy atom. The number of halogens is 2. The Labute approximate surface area is 382 Å². The summed E-state index contributed by atoms with van der Waals surface area (Å²) in [6.07, 6.45) is -1.11. The van der Waals surface area contributed by atoms with Gasteiger partial charge in [-0.3, -0.25) is 9.59 Å². The topological polar surface area (TPSA) is 203 Å². The molecule has 0 aliphatic carbocycles. The van der Waals surface area contributed by atoms with E-state index in [1.54, 1.807) is 60.7 Å². The van der Waals surface area contributed by atoms with E-state index in [1.807, 2.05) is 42.5 Å². The number of esters is 1. The Bertz CT molecular complexity index is 2940. The molecule has 6 aromatic rings. The second-order valence-corrected chi connectivity index (χ2v) is 19.0. The van der Waals surface area contributed by atoms with Gasteiger partial charge in [-0.15, -0.1) is 0 Å². The molecule has 3 atom stereocenters. The fraction of sp³-hybridized carbons (Fsp3) is 0.196. The van der Waals surface area contributed by atoms with E-state index < -0.39 is 46.0 Å². The maximum absolute atomic E-state index is 14.5. The highest BCUT2D eigenvalue weighted by atomic mass is 35.5. The largest absolute Gasteiger partial charge is 0.489 e. The van der Waals surface area contributed by atoms with E-state index in [0.717, 1.165) is 32.3 Å². The van der Waals surface area contributed by atoms with Gasteiger partial charge in [0.1, 0.15) is 30.2 Å². The third-order valence-corrected chi connectivity index (χ3v) is 15.0. The van der Waals surface area contributed by atoms with Gasteiger partial charge in [-0.2, -0.15) is 9.57 Å². The van der Waals surface area contributed by atoms with Crippen molar-refractivity contribution < 1.29 is 37.0 Å². The van der Waals surface area contributed by atoms with Crippen molar-refractivity contribution in [2.24, 2.45) is 0 Å². The lowest BCUT2D eigenvalue weighted by atomic mass is 9.93. The number of aryl methyl sites for hydroxylation is 1. The molecule has 0 fully saturated rings. The number of nitrogens with zero attached hydrogens (tertiary/aromatic N) is 3. The SMILES string of the molecule is COC(=O)C(Cc1ccc(-c2ccc(C#N)cc2)cc1)NC(=O)C1Cc2cc3c(cc2CN1S(=O)(=O)c1sc(N)nc1C)OC(c1ccc(OCc2ccc(Cl)c(Cl)c2)cc1)C(=O)N3. The number of methoxy groups -OCH3 is 1. The van der Waals surface area contributed by atoms with E-state index in [4.69, 9.17) is 48.4 Å². The number of benzene rings is 5. The average molecular weight is 938 g/mol. The number of thiazole rings is 1. The first-order chi connectivity index (χ1) is 30.7. The lowest BCUT2D eigenvalue weighted by Crippen LogP contribution is -2.56. The Morgan fingerprint density at radius 1 is 0.984 bits per heavy atom. The maximum atomic E-state index is 14.5. The molecule has 2 aliphatic rings. The van der Waals surface area contributed by atoms with Crippen LogP contribution < -0.4 is 25.8 Å². The van der Waals surface area contributed by atoms with Gasteiger partial charge in [0.05, 0.1) is 40.2 Å². The molecule has 3 unspecified atom stereocenters. The molecule has 14 nitrogen and oxygen atoms in total. The molecule has 0 saturated carbocycles. The minimum Gasteiger partial charge on any atom is -0.489 e. The normalized spacial score (nSPS) is 16.3. The zero-order chi connectivity index (χ0) is 45.3. The van der Waals surface area contributed by atoms with Crippen LogP contribution in [0.2, 0.25) is 10.0 Å². The average Bonchev–Trinajstić information content (AvgIpc) is 3.65. The summed E-state index contributed by atoms with van der Waals surface area (Å²) in [4.78, 5) is 45.2. The van der Waals surface area contributed by atoms with E-state index in [-0.39, 0.29) is 41.0 Å². The van der Waals surface area contributed by atoms with E-state index in [9.17, 15) is 22.8 Å². The number of rotatable bonds is 12. The third kappa shape index (κ3) is 9.26. The number of nitrogens with two attached hydrogens (primary N) is 1. The van der Waals surface area contributed by atoms with Gasteiger partial charge in [0.25, 0.3) is 15.9 Å². The summed E-state index contributed by atoms with van der Waals surface area (Å²) < 4.78 is 47.2. The molecular formula is C46H38Cl2N6O8S2. The predicted molar refractivity (Wildman–Crippen MR) is 241 cm³/mol. The number of amides is 2. The summed E-state index contributed by atoms with van der Waals surface area (Å²) in [6.45, 7) is 1.50. The lowest BCUT2D eigenvalue weighted by Gasteiger charge is -2.36. The van der Waals surface area contributed by atoms with Crippen LogP contribution in [0.3, 0.4) is 0 Å². The molecule has 5 aromatic carbocycles. The zero-order valence-electron chi connectivity index (χ0n) is 34.1. The molecule has 2 amide bonds. The number of aromatic nitrogens is 1. The Morgan fingerprint density at radius 2 is 1.67 bits per heavy atom. The number of carbonyl (C=O) groups is 3. The van der Waals surface area contributed by atoms with Crippen molar-refractivity contribution in [3.05, 3.63) is 152 Å². The van der Waals surface area contributed by atoms with Gasteiger partial charge in [-0.25, -0.2) is 18.2 Å². The molecule has 8 rings (SSSR count). The number of carbonyl (C=O) groups excluding carboxylic acids is 3. The smallest absolute Gasteiger partial charge is 0.328 e. The fourth-order valence-electron chi connectivity index (χ4n) is 7.55. The summed E-state index contributed by atoms with van der Waals surface area (Å²) in [6, 6.07) is 29.5. The minimum atomic E-state index is -4.40. The summed E-state index contributed by atoms with van der Waals surface area (Å²) in [7, 11) is -3.20. The van der Waals surface area contributed by atoms with Crippen LogP contribution in [-0.2, 0) is 55.1 Å². The monoisotopic (exact) mass is 936 g/mol. The van der Waals surface area contributed by atoms with Crippen LogP contribution in [-0.4, -0.2) is 54.7 Å². The second-order valence-electron chi connectivity index (χ2n) is 15.1. The Hall–Kier alpha value is -6.48. The van der Waals surface area contributed by atoms with Crippen molar-refractivity contribution in [1.29, 1.82) is 5.26 Å². The lowest BCUT2D eigenvalue weighted by molar-refractivity contribution is -0.145. The molecule has 0 radical (unpaired) electrons. The van der Waals surface area contributed by atoms with Gasteiger partial charge in [-0.1, -0.05) is 89.1 Å². The number of anilines is 2. The molecule has 64 heavy (non-hydrogen) atoms. The predicted octanol–water partition coefficient (Wildman–Crippen LogP) is 7.55. The van der Waals surface area contributed by atoms with Crippen LogP contribution >= 0.6 is 34.5 Å². The number of nitrogens with one attached hydrogen (secondary N) is 2. The quantitative estimate of drug-likeness (QED) is 0.102. The minimum absolute atomic E-state index is 0.0408. The van der Waals surface area contributed by atoms with Crippen LogP contribution in [0, 0.1) is 18.3 Å². The number of sulfonamides is 1. The van der Waals surface area contributed by atoms with Crippen molar-refractivity contribution in [1.82, 2.24) is 14.6 Å². The number of ether oxygens (including phenoxy) is 3. The fourth-order valence-corrected chi connectivity index (χ4v) is 10.9. The van der Waals surface area contributed by atoms with E-state index in [0.29, 0.717) is 55.0 Å². The summed E-state index contributed by atoms with van der Waals surface area (Å²) >= 11 is 12.9. The van der Waals surface area contributed by atoms with Crippen molar-refractivity contribution in [2.75, 3.05) is 18.2 Å². The molecule has 326 valence electrons. The highest BCUT2D eigenvalue weighted by molar-refractivity contribution is 7.91. The van der Waals surface area contributed by atoms with E-state index in [2.05, 4.69) is 21.7 Å². The molecule has 0 spiro atoms. The van der Waals surface area contributed by atoms with Gasteiger partial charge in [0.2, 0.25) is 12.0 Å². The van der Waals surface area contributed by atoms with Gasteiger partial charge < -0.3 is 30.6 Å². The van der Waals surface area contributed by atoms with Gasteiger partial charge in [0.15, 0.2) is 9.34 Å². The molecule has 18 heteroatoms. The third-order valence-electron chi connectivity index (χ3n) is 10.9. The standard InChI is InChI=1S/C46H38Cl2N6O8S2/c1-25-45(63-46(50)51-25)64(58,59)54-23-33-21-40-37(52-43(56)41(62-40)31-12-14-34(15-13-31)61-24-28-7-16-35(47)36(48)17-28)19-32(33)20-39(54)42(55)53-38(44(57)60-2)18-26-3-8-29(9-4-26)30-10-5-27(22-49)6-11-30/h3-17,19,21,38-39,41H,18,20,23-24H2,1-2H3,(H2,50,51)(H,52,56)(H,53,55). The molecule has 3 heterocycles. The van der Waals surface area contributed by atoms with Crippen LogP contribution in [0.15, 0.2) is 107 Å². The molecule has 0 saturated heterocycles. The second kappa shape index (κ2) is 18.3. The highest BCUT2D eigenvalue weighted by Crippen LogP contribution is 2.41. The van der Waals surface area contributed by atoms with Crippen LogP contribution in [0.1, 0.15) is 45.2 Å². The number of hydrogen-bond donors (Lipinski definition) is 3. The van der Waals surface area contributed by atoms with Crippen molar-refractivity contribution >= 4 is 73.2 Å². The molecule has 4 N–H and O–H groups in total. The van der Waals surface area contributed by atoms with Crippen LogP contribution in [0.4, 0.5) is 10.8 Å². The first-order valence-corrected chi connectivity index (χ1v) is 22.7. The molecule has 1 aromatic heterocycles. The Balaban J connectivity index is 1.03.